The molecule has 0 spiro atoms. The van der Waals surface area contributed by atoms with Crippen LogP contribution in [0.3, 0.4) is 0 Å². The summed E-state index contributed by atoms with van der Waals surface area (Å²) in [7, 11) is 0. The molecular formula is C12H6Br4N2. The predicted octanol–water partition coefficient (Wildman–Crippen LogP) is 7.15. The number of hydrogen-bond donors (Lipinski definition) is 0. The topological polar surface area (TPSA) is 24.7 Å². The summed E-state index contributed by atoms with van der Waals surface area (Å²) in [5, 5.41) is 8.44. The van der Waals surface area contributed by atoms with Crippen molar-refractivity contribution >= 4 is 75.1 Å². The summed E-state index contributed by atoms with van der Waals surface area (Å²) < 4.78 is 3.79. The minimum atomic E-state index is 0.785. The Morgan fingerprint density at radius 2 is 1.00 bits per heavy atom. The zero-order valence-electron chi connectivity index (χ0n) is 8.87. The van der Waals surface area contributed by atoms with Crippen molar-refractivity contribution in [3.05, 3.63) is 54.3 Å². The van der Waals surface area contributed by atoms with Gasteiger partial charge in [0.1, 0.15) is 0 Å². The second-order valence-corrected chi connectivity index (χ2v) is 6.93. The van der Waals surface area contributed by atoms with Gasteiger partial charge in [-0.3, -0.25) is 0 Å². The largest absolute Gasteiger partial charge is 0.149 e. The zero-order valence-corrected chi connectivity index (χ0v) is 15.2. The molecule has 2 rings (SSSR count). The van der Waals surface area contributed by atoms with Gasteiger partial charge in [-0.1, -0.05) is 31.9 Å². The molecule has 0 heterocycles. The number of halogens is 4. The highest BCUT2D eigenvalue weighted by Crippen LogP contribution is 2.33. The van der Waals surface area contributed by atoms with E-state index in [2.05, 4.69) is 73.9 Å². The van der Waals surface area contributed by atoms with Crippen LogP contribution >= 0.6 is 63.7 Å². The molecule has 2 nitrogen and oxygen atoms in total. The van der Waals surface area contributed by atoms with E-state index in [0.717, 1.165) is 29.3 Å². The molecule has 0 N–H and O–H groups in total. The molecular weight excluding hydrogens is 492 g/mol. The van der Waals surface area contributed by atoms with E-state index in [1.54, 1.807) is 0 Å². The molecule has 6 heteroatoms. The van der Waals surface area contributed by atoms with E-state index >= 15 is 0 Å². The first-order valence-corrected chi connectivity index (χ1v) is 8.05. The second kappa shape index (κ2) is 6.41. The van der Waals surface area contributed by atoms with Crippen LogP contribution in [-0.4, -0.2) is 0 Å². The van der Waals surface area contributed by atoms with Crippen LogP contribution in [0.25, 0.3) is 0 Å². The summed E-state index contributed by atoms with van der Waals surface area (Å²) in [4.78, 5) is 0. The van der Waals surface area contributed by atoms with Gasteiger partial charge in [0.25, 0.3) is 0 Å². The molecule has 0 bridgehead atoms. The molecule has 0 unspecified atom stereocenters. The highest BCUT2D eigenvalue weighted by molar-refractivity contribution is 9.11. The molecule has 0 saturated carbocycles. The SMILES string of the molecule is Brc1ccc(N=Nc2ccc(Br)cc2Br)c(Br)c1. The van der Waals surface area contributed by atoms with Crippen molar-refractivity contribution in [1.82, 2.24) is 0 Å². The van der Waals surface area contributed by atoms with E-state index in [-0.39, 0.29) is 0 Å². The lowest BCUT2D eigenvalue weighted by Crippen LogP contribution is -1.71. The van der Waals surface area contributed by atoms with Gasteiger partial charge in [-0.25, -0.2) is 0 Å². The van der Waals surface area contributed by atoms with E-state index in [1.165, 1.54) is 0 Å². The lowest BCUT2D eigenvalue weighted by molar-refractivity contribution is 1.21. The van der Waals surface area contributed by atoms with Gasteiger partial charge in [-0.15, -0.1) is 10.2 Å². The van der Waals surface area contributed by atoms with Crippen LogP contribution in [-0.2, 0) is 0 Å². The van der Waals surface area contributed by atoms with Gasteiger partial charge in [0.2, 0.25) is 0 Å². The molecule has 0 fully saturated rings. The maximum atomic E-state index is 4.22. The summed E-state index contributed by atoms with van der Waals surface area (Å²) in [6.45, 7) is 0. The quantitative estimate of drug-likeness (QED) is 0.394. The maximum absolute atomic E-state index is 4.22. The second-order valence-electron chi connectivity index (χ2n) is 3.39. The molecule has 2 aromatic rings. The van der Waals surface area contributed by atoms with Gasteiger partial charge in [-0.2, -0.15) is 0 Å². The Bertz CT molecular complexity index is 558. The highest BCUT2D eigenvalue weighted by atomic mass is 79.9. The third-order valence-electron chi connectivity index (χ3n) is 2.08. The Balaban J connectivity index is 2.30. The Morgan fingerprint density at radius 1 is 0.611 bits per heavy atom. The van der Waals surface area contributed by atoms with Crippen molar-refractivity contribution in [2.75, 3.05) is 0 Å². The average molecular weight is 498 g/mol. The minimum absolute atomic E-state index is 0.785. The van der Waals surface area contributed by atoms with Crippen LogP contribution in [0.1, 0.15) is 0 Å². The molecule has 92 valence electrons. The van der Waals surface area contributed by atoms with Gasteiger partial charge in [0.05, 0.1) is 11.4 Å². The van der Waals surface area contributed by atoms with Crippen molar-refractivity contribution in [3.8, 4) is 0 Å². The first-order chi connectivity index (χ1) is 8.56. The van der Waals surface area contributed by atoms with Crippen molar-refractivity contribution in [2.45, 2.75) is 0 Å². The highest BCUT2D eigenvalue weighted by Gasteiger charge is 2.01. The zero-order chi connectivity index (χ0) is 13.1. The fraction of sp³-hybridized carbons (Fsp3) is 0. The summed E-state index contributed by atoms with van der Waals surface area (Å²) >= 11 is 13.7. The average Bonchev–Trinajstić information content (AvgIpc) is 2.30. The van der Waals surface area contributed by atoms with E-state index in [1.807, 2.05) is 36.4 Å². The summed E-state index contributed by atoms with van der Waals surface area (Å²) in [6, 6.07) is 11.5. The third-order valence-corrected chi connectivity index (χ3v) is 4.34. The number of azo groups is 1. The summed E-state index contributed by atoms with van der Waals surface area (Å²) in [6.07, 6.45) is 0. The minimum Gasteiger partial charge on any atom is -0.149 e. The first kappa shape index (κ1) is 14.4. The number of nitrogens with zero attached hydrogens (tertiary/aromatic N) is 2. The van der Waals surface area contributed by atoms with Gasteiger partial charge < -0.3 is 0 Å². The molecule has 0 saturated heterocycles. The third kappa shape index (κ3) is 3.73. The van der Waals surface area contributed by atoms with Crippen molar-refractivity contribution in [1.29, 1.82) is 0 Å². The summed E-state index contributed by atoms with van der Waals surface area (Å²) in [5.41, 5.74) is 1.57. The Morgan fingerprint density at radius 3 is 1.33 bits per heavy atom. The normalized spacial score (nSPS) is 11.1. The predicted molar refractivity (Wildman–Crippen MR) is 87.9 cm³/mol. The number of rotatable bonds is 2. The van der Waals surface area contributed by atoms with Gasteiger partial charge >= 0.3 is 0 Å². The van der Waals surface area contributed by atoms with Crippen molar-refractivity contribution in [3.63, 3.8) is 0 Å². The van der Waals surface area contributed by atoms with Crippen LogP contribution < -0.4 is 0 Å². The molecule has 0 aliphatic heterocycles. The summed E-state index contributed by atoms with van der Waals surface area (Å²) in [5.74, 6) is 0. The standard InChI is InChI=1S/C12H6Br4N2/c13-7-1-3-11(9(15)5-7)17-18-12-4-2-8(14)6-10(12)16/h1-6H. The molecule has 0 atom stereocenters. The van der Waals surface area contributed by atoms with Crippen LogP contribution in [0.2, 0.25) is 0 Å². The molecule has 0 amide bonds. The van der Waals surface area contributed by atoms with Crippen LogP contribution in [0, 0.1) is 0 Å². The lowest BCUT2D eigenvalue weighted by atomic mass is 10.3. The first-order valence-electron chi connectivity index (χ1n) is 4.88. The fourth-order valence-corrected chi connectivity index (χ4v) is 3.49. The molecule has 2 aromatic carbocycles. The van der Waals surface area contributed by atoms with E-state index in [9.17, 15) is 0 Å². The molecule has 18 heavy (non-hydrogen) atoms. The Labute approximate surface area is 138 Å². The fourth-order valence-electron chi connectivity index (χ4n) is 1.23. The Hall–Kier alpha value is -0.0400. The number of hydrogen-bond acceptors (Lipinski definition) is 2. The van der Waals surface area contributed by atoms with Crippen LogP contribution in [0.4, 0.5) is 11.4 Å². The van der Waals surface area contributed by atoms with Gasteiger partial charge in [-0.05, 0) is 68.3 Å². The van der Waals surface area contributed by atoms with Gasteiger partial charge in [0.15, 0.2) is 0 Å². The number of benzene rings is 2. The molecule has 0 radical (unpaired) electrons. The molecule has 0 aromatic heterocycles. The molecule has 0 aliphatic carbocycles. The smallest absolute Gasteiger partial charge is 0.0999 e. The van der Waals surface area contributed by atoms with Crippen molar-refractivity contribution < 1.29 is 0 Å². The van der Waals surface area contributed by atoms with E-state index in [4.69, 9.17) is 0 Å². The van der Waals surface area contributed by atoms with E-state index < -0.39 is 0 Å². The lowest BCUT2D eigenvalue weighted by Gasteiger charge is -2.00. The maximum Gasteiger partial charge on any atom is 0.0999 e. The Kier molecular flexibility index (Phi) is 5.12. The van der Waals surface area contributed by atoms with Crippen molar-refractivity contribution in [2.24, 2.45) is 10.2 Å². The van der Waals surface area contributed by atoms with Crippen LogP contribution in [0.15, 0.2) is 64.5 Å². The monoisotopic (exact) mass is 494 g/mol. The van der Waals surface area contributed by atoms with E-state index in [0.29, 0.717) is 0 Å². The molecule has 0 aliphatic rings. The van der Waals surface area contributed by atoms with Crippen LogP contribution in [0.5, 0.6) is 0 Å². The van der Waals surface area contributed by atoms with Gasteiger partial charge in [0, 0.05) is 17.9 Å².